The summed E-state index contributed by atoms with van der Waals surface area (Å²) >= 11 is 16.5. The molecule has 10 heteroatoms. The van der Waals surface area contributed by atoms with E-state index in [1.165, 1.54) is 0 Å². The van der Waals surface area contributed by atoms with Gasteiger partial charge in [0.25, 0.3) is 5.22 Å². The number of carbonyl (C=O) groups excluding carboxylic acids is 1. The second-order valence-electron chi connectivity index (χ2n) is 6.33. The Labute approximate surface area is 206 Å². The van der Waals surface area contributed by atoms with Crippen molar-refractivity contribution in [3.05, 3.63) is 92.9 Å². The van der Waals surface area contributed by atoms with Crippen LogP contribution in [0.15, 0.2) is 92.0 Å². The van der Waals surface area contributed by atoms with Gasteiger partial charge in [-0.15, -0.1) is 10.2 Å². The number of benzene rings is 3. The van der Waals surface area contributed by atoms with Gasteiger partial charge in [-0.2, -0.15) is 5.10 Å². The van der Waals surface area contributed by atoms with Crippen molar-refractivity contribution in [1.82, 2.24) is 10.2 Å². The zero-order chi connectivity index (χ0) is 22.5. The molecule has 0 atom stereocenters. The number of nitrogens with zero attached hydrogens (tertiary/aromatic N) is 3. The van der Waals surface area contributed by atoms with Gasteiger partial charge in [0.15, 0.2) is 5.04 Å². The summed E-state index contributed by atoms with van der Waals surface area (Å²) in [6.45, 7) is 0. The lowest BCUT2D eigenvalue weighted by Gasteiger charge is -2.07. The van der Waals surface area contributed by atoms with Crippen molar-refractivity contribution in [3.8, 4) is 11.5 Å². The van der Waals surface area contributed by atoms with Gasteiger partial charge in [-0.3, -0.25) is 10.2 Å². The van der Waals surface area contributed by atoms with E-state index in [4.69, 9.17) is 27.6 Å². The number of hydrazone groups is 1. The van der Waals surface area contributed by atoms with Gasteiger partial charge >= 0.3 is 0 Å². The van der Waals surface area contributed by atoms with Crippen LogP contribution in [-0.2, 0) is 0 Å². The van der Waals surface area contributed by atoms with Crippen molar-refractivity contribution in [2.75, 3.05) is 5.43 Å². The largest absolute Gasteiger partial charge is 0.411 e. The number of aromatic nitrogens is 2. The molecule has 6 nitrogen and oxygen atoms in total. The molecule has 3 aromatic carbocycles. The van der Waals surface area contributed by atoms with Crippen LogP contribution in [0.25, 0.3) is 11.5 Å². The Morgan fingerprint density at radius 2 is 1.81 bits per heavy atom. The molecule has 0 aliphatic heterocycles. The van der Waals surface area contributed by atoms with Crippen molar-refractivity contribution in [1.29, 1.82) is 0 Å². The predicted molar refractivity (Wildman–Crippen MR) is 132 cm³/mol. The summed E-state index contributed by atoms with van der Waals surface area (Å²) in [5.41, 5.74) is 4.53. The molecule has 1 aromatic heterocycles. The molecule has 0 aliphatic rings. The van der Waals surface area contributed by atoms with Crippen LogP contribution in [0.3, 0.4) is 0 Å². The van der Waals surface area contributed by atoms with Crippen molar-refractivity contribution in [2.45, 2.75) is 5.22 Å². The Hall–Kier alpha value is -2.65. The van der Waals surface area contributed by atoms with Crippen LogP contribution in [0, 0.1) is 0 Å². The van der Waals surface area contributed by atoms with Gasteiger partial charge in [0.05, 0.1) is 10.7 Å². The van der Waals surface area contributed by atoms with E-state index in [0.29, 0.717) is 27.2 Å². The minimum absolute atomic E-state index is 0.0948. The van der Waals surface area contributed by atoms with E-state index in [1.54, 1.807) is 36.4 Å². The molecule has 0 unspecified atom stereocenters. The molecule has 0 saturated heterocycles. The summed E-state index contributed by atoms with van der Waals surface area (Å²) in [7, 11) is 0. The van der Waals surface area contributed by atoms with Crippen LogP contribution in [0.5, 0.6) is 0 Å². The molecule has 1 N–H and O–H groups in total. The molecule has 4 aromatic rings. The molecule has 0 saturated carbocycles. The predicted octanol–water partition coefficient (Wildman–Crippen LogP) is 7.21. The normalized spacial score (nSPS) is 11.4. The number of ketones is 1. The van der Waals surface area contributed by atoms with Crippen LogP contribution in [0.2, 0.25) is 10.0 Å². The van der Waals surface area contributed by atoms with Crippen LogP contribution in [-0.4, -0.2) is 21.0 Å². The zero-order valence-corrected chi connectivity index (χ0v) is 20.0. The molecule has 32 heavy (non-hydrogen) atoms. The number of nitrogens with one attached hydrogen (secondary N) is 1. The standard InChI is InChI=1S/C22H13BrCl2N4O2S/c23-15-8-4-7-14(11-15)19(30)21(28-26-18-10-9-16(24)12-17(18)25)32-22-29-27-20(31-22)13-5-2-1-3-6-13/h1-12,26H/b28-21+. The van der Waals surface area contributed by atoms with Gasteiger partial charge < -0.3 is 4.42 Å². The Bertz CT molecular complexity index is 1300. The highest BCUT2D eigenvalue weighted by Crippen LogP contribution is 2.28. The second-order valence-corrected chi connectivity index (χ2v) is 9.03. The van der Waals surface area contributed by atoms with E-state index >= 15 is 0 Å². The molecular weight excluding hydrogens is 535 g/mol. The summed E-state index contributed by atoms with van der Waals surface area (Å²) in [5, 5.41) is 13.5. The number of thioether (sulfide) groups is 1. The van der Waals surface area contributed by atoms with Crippen LogP contribution in [0.1, 0.15) is 10.4 Å². The maximum absolute atomic E-state index is 13.2. The van der Waals surface area contributed by atoms with Gasteiger partial charge in [-0.1, -0.05) is 69.5 Å². The first-order chi connectivity index (χ1) is 15.5. The van der Waals surface area contributed by atoms with Crippen molar-refractivity contribution < 1.29 is 9.21 Å². The highest BCUT2D eigenvalue weighted by atomic mass is 79.9. The summed E-state index contributed by atoms with van der Waals surface area (Å²) in [6, 6.07) is 21.3. The fourth-order valence-corrected chi connectivity index (χ4v) is 4.11. The van der Waals surface area contributed by atoms with E-state index in [2.05, 4.69) is 36.7 Å². The van der Waals surface area contributed by atoms with Crippen molar-refractivity contribution in [2.24, 2.45) is 5.10 Å². The third-order valence-corrected chi connectivity index (χ3v) is 5.95. The Morgan fingerprint density at radius 1 is 1.00 bits per heavy atom. The van der Waals surface area contributed by atoms with Gasteiger partial charge in [0.2, 0.25) is 11.7 Å². The minimum Gasteiger partial charge on any atom is -0.411 e. The molecule has 1 heterocycles. The quantitative estimate of drug-likeness (QED) is 0.0903. The first-order valence-corrected chi connectivity index (χ1v) is 11.5. The maximum atomic E-state index is 13.2. The van der Waals surface area contributed by atoms with E-state index in [-0.39, 0.29) is 16.0 Å². The first kappa shape index (κ1) is 22.5. The molecule has 0 radical (unpaired) electrons. The third kappa shape index (κ3) is 5.58. The van der Waals surface area contributed by atoms with Crippen molar-refractivity contribution >= 4 is 67.4 Å². The minimum atomic E-state index is -0.326. The summed E-state index contributed by atoms with van der Waals surface area (Å²) in [4.78, 5) is 13.2. The summed E-state index contributed by atoms with van der Waals surface area (Å²) in [6.07, 6.45) is 0. The topological polar surface area (TPSA) is 80.4 Å². The molecule has 0 amide bonds. The lowest BCUT2D eigenvalue weighted by molar-refractivity contribution is 0.106. The average molecular weight is 548 g/mol. The smallest absolute Gasteiger partial charge is 0.283 e. The van der Waals surface area contributed by atoms with Crippen LogP contribution in [0.4, 0.5) is 5.69 Å². The van der Waals surface area contributed by atoms with Gasteiger partial charge in [0.1, 0.15) is 0 Å². The highest BCUT2D eigenvalue weighted by molar-refractivity contribution is 9.10. The maximum Gasteiger partial charge on any atom is 0.283 e. The SMILES string of the molecule is O=C(/C(=N\Nc1ccc(Cl)cc1Cl)Sc1nnc(-c2ccccc2)o1)c1cccc(Br)c1. The van der Waals surface area contributed by atoms with Gasteiger partial charge in [-0.25, -0.2) is 0 Å². The molecule has 0 aliphatic carbocycles. The molecule has 0 bridgehead atoms. The molecule has 4 rings (SSSR count). The van der Waals surface area contributed by atoms with Crippen LogP contribution >= 0.6 is 50.9 Å². The molecule has 0 fully saturated rings. The molecular formula is C22H13BrCl2N4O2S. The van der Waals surface area contributed by atoms with E-state index in [9.17, 15) is 4.79 Å². The summed E-state index contributed by atoms with van der Waals surface area (Å²) < 4.78 is 6.50. The van der Waals surface area contributed by atoms with E-state index in [1.807, 2.05) is 36.4 Å². The monoisotopic (exact) mass is 546 g/mol. The average Bonchev–Trinajstić information content (AvgIpc) is 3.26. The van der Waals surface area contributed by atoms with E-state index < -0.39 is 0 Å². The first-order valence-electron chi connectivity index (χ1n) is 9.15. The highest BCUT2D eigenvalue weighted by Gasteiger charge is 2.20. The number of hydrogen-bond acceptors (Lipinski definition) is 7. The number of Topliss-reactive ketones (excluding diaryl/α,β-unsaturated/α-hetero) is 1. The van der Waals surface area contributed by atoms with Crippen molar-refractivity contribution in [3.63, 3.8) is 0 Å². The number of halogens is 3. The Balaban J connectivity index is 1.64. The number of anilines is 1. The molecule has 160 valence electrons. The Morgan fingerprint density at radius 3 is 2.56 bits per heavy atom. The van der Waals surface area contributed by atoms with E-state index in [0.717, 1.165) is 21.8 Å². The summed E-state index contributed by atoms with van der Waals surface area (Å²) in [5.74, 6) is 0.0180. The number of rotatable bonds is 6. The van der Waals surface area contributed by atoms with Gasteiger partial charge in [0, 0.05) is 20.6 Å². The van der Waals surface area contributed by atoms with Gasteiger partial charge in [-0.05, 0) is 54.2 Å². The lowest BCUT2D eigenvalue weighted by Crippen LogP contribution is -2.13. The number of hydrogen-bond donors (Lipinski definition) is 1. The third-order valence-electron chi connectivity index (χ3n) is 4.10. The zero-order valence-electron chi connectivity index (χ0n) is 16.1. The van der Waals surface area contributed by atoms with Crippen LogP contribution < -0.4 is 5.43 Å². The lowest BCUT2D eigenvalue weighted by atomic mass is 10.1. The molecule has 0 spiro atoms. The fraction of sp³-hybridized carbons (Fsp3) is 0. The fourth-order valence-electron chi connectivity index (χ4n) is 2.60. The second kappa shape index (κ2) is 10.3. The number of carbonyl (C=O) groups is 1. The Kier molecular flexibility index (Phi) is 7.26.